The summed E-state index contributed by atoms with van der Waals surface area (Å²) in [6.07, 6.45) is 5.59. The van der Waals surface area contributed by atoms with Gasteiger partial charge in [0, 0.05) is 19.1 Å². The van der Waals surface area contributed by atoms with Crippen molar-refractivity contribution in [2.75, 3.05) is 26.3 Å². The Morgan fingerprint density at radius 1 is 1.35 bits per heavy atom. The largest absolute Gasteiger partial charge is 0.379 e. The quantitative estimate of drug-likeness (QED) is 0.920. The molecule has 2 aliphatic heterocycles. The van der Waals surface area contributed by atoms with E-state index in [4.69, 9.17) is 4.74 Å². The second-order valence-electron chi connectivity index (χ2n) is 7.43. The third kappa shape index (κ3) is 3.47. The monoisotopic (exact) mass is 334 g/mol. The third-order valence-electron chi connectivity index (χ3n) is 5.87. The van der Waals surface area contributed by atoms with Gasteiger partial charge in [0.15, 0.2) is 0 Å². The van der Waals surface area contributed by atoms with Crippen LogP contribution in [0.5, 0.6) is 0 Å². The number of nitrogens with zero attached hydrogens (tertiary/aromatic N) is 1. The van der Waals surface area contributed by atoms with E-state index < -0.39 is 0 Å². The molecule has 1 amide bonds. The Hall–Kier alpha value is -0.910. The molecule has 4 rings (SSSR count). The molecule has 23 heavy (non-hydrogen) atoms. The minimum absolute atomic E-state index is 0.215. The van der Waals surface area contributed by atoms with Crippen LogP contribution in [0.1, 0.15) is 37.7 Å². The van der Waals surface area contributed by atoms with Crippen LogP contribution in [-0.4, -0.2) is 43.2 Å². The minimum atomic E-state index is 0.215. The molecule has 0 unspecified atom stereocenters. The molecule has 0 bridgehead atoms. The summed E-state index contributed by atoms with van der Waals surface area (Å²) in [5.74, 6) is 0.549. The highest BCUT2D eigenvalue weighted by molar-refractivity contribution is 7.07. The number of piperidine rings is 1. The Morgan fingerprint density at radius 2 is 2.17 bits per heavy atom. The van der Waals surface area contributed by atoms with Gasteiger partial charge in [0.05, 0.1) is 12.6 Å². The first-order valence-electron chi connectivity index (χ1n) is 8.87. The van der Waals surface area contributed by atoms with E-state index in [0.717, 1.165) is 45.5 Å². The van der Waals surface area contributed by atoms with Crippen LogP contribution in [0.25, 0.3) is 0 Å². The van der Waals surface area contributed by atoms with E-state index in [0.29, 0.717) is 6.61 Å². The SMILES string of the molecule is O=C(N[C@H]1COCCC12CCN(Cc1ccsc1)CC2)C1CC1. The van der Waals surface area contributed by atoms with Gasteiger partial charge in [-0.1, -0.05) is 0 Å². The summed E-state index contributed by atoms with van der Waals surface area (Å²) < 4.78 is 5.70. The molecule has 1 aliphatic carbocycles. The van der Waals surface area contributed by atoms with Crippen molar-refractivity contribution in [2.45, 2.75) is 44.7 Å². The Bertz CT molecular complexity index is 533. The molecule has 1 atom stereocenters. The van der Waals surface area contributed by atoms with Crippen molar-refractivity contribution in [1.82, 2.24) is 10.2 Å². The van der Waals surface area contributed by atoms with Crippen LogP contribution in [0.15, 0.2) is 16.8 Å². The molecule has 1 saturated carbocycles. The summed E-state index contributed by atoms with van der Waals surface area (Å²) in [5, 5.41) is 7.72. The molecular formula is C18H26N2O2S. The van der Waals surface area contributed by atoms with Crippen LogP contribution >= 0.6 is 11.3 Å². The molecule has 2 saturated heterocycles. The second kappa shape index (κ2) is 6.54. The molecule has 1 aromatic heterocycles. The van der Waals surface area contributed by atoms with Gasteiger partial charge in [-0.2, -0.15) is 11.3 Å². The molecule has 4 nitrogen and oxygen atoms in total. The fraction of sp³-hybridized carbons (Fsp3) is 0.722. The summed E-state index contributed by atoms with van der Waals surface area (Å²) in [7, 11) is 0. The smallest absolute Gasteiger partial charge is 0.223 e. The average molecular weight is 334 g/mol. The molecule has 1 spiro atoms. The number of hydrogen-bond acceptors (Lipinski definition) is 4. The normalized spacial score (nSPS) is 27.9. The summed E-state index contributed by atoms with van der Waals surface area (Å²) in [4.78, 5) is 14.8. The van der Waals surface area contributed by atoms with E-state index in [9.17, 15) is 4.79 Å². The van der Waals surface area contributed by atoms with Crippen molar-refractivity contribution in [1.29, 1.82) is 0 Å². The number of likely N-dealkylation sites (tertiary alicyclic amines) is 1. The maximum Gasteiger partial charge on any atom is 0.223 e. The van der Waals surface area contributed by atoms with Gasteiger partial charge in [-0.05, 0) is 73.0 Å². The number of hydrogen-bond donors (Lipinski definition) is 1. The number of ether oxygens (including phenoxy) is 1. The van der Waals surface area contributed by atoms with E-state index >= 15 is 0 Å². The first-order valence-corrected chi connectivity index (χ1v) is 9.81. The summed E-state index contributed by atoms with van der Waals surface area (Å²) >= 11 is 1.77. The highest BCUT2D eigenvalue weighted by atomic mass is 32.1. The topological polar surface area (TPSA) is 41.6 Å². The Kier molecular flexibility index (Phi) is 4.43. The van der Waals surface area contributed by atoms with Crippen molar-refractivity contribution in [3.05, 3.63) is 22.4 Å². The van der Waals surface area contributed by atoms with Crippen molar-refractivity contribution in [3.63, 3.8) is 0 Å². The first kappa shape index (κ1) is 15.6. The zero-order valence-electron chi connectivity index (χ0n) is 13.6. The highest BCUT2D eigenvalue weighted by Crippen LogP contribution is 2.42. The van der Waals surface area contributed by atoms with Crippen molar-refractivity contribution < 1.29 is 9.53 Å². The average Bonchev–Trinajstić information content (AvgIpc) is 3.30. The molecule has 1 N–H and O–H groups in total. The number of carbonyl (C=O) groups is 1. The molecule has 3 aliphatic rings. The van der Waals surface area contributed by atoms with Gasteiger partial charge in [0.1, 0.15) is 0 Å². The summed E-state index contributed by atoms with van der Waals surface area (Å²) in [6.45, 7) is 4.87. The number of carbonyl (C=O) groups excluding carboxylic acids is 1. The van der Waals surface area contributed by atoms with E-state index in [-0.39, 0.29) is 23.3 Å². The Balaban J connectivity index is 1.37. The van der Waals surface area contributed by atoms with Crippen LogP contribution in [-0.2, 0) is 16.1 Å². The molecule has 0 aromatic carbocycles. The summed E-state index contributed by atoms with van der Waals surface area (Å²) in [6, 6.07) is 2.44. The van der Waals surface area contributed by atoms with Gasteiger partial charge in [0.25, 0.3) is 0 Å². The molecule has 3 fully saturated rings. The Labute approximate surface area is 142 Å². The number of rotatable bonds is 4. The number of thiophene rings is 1. The van der Waals surface area contributed by atoms with E-state index in [1.807, 2.05) is 0 Å². The van der Waals surface area contributed by atoms with Gasteiger partial charge in [-0.15, -0.1) is 0 Å². The highest BCUT2D eigenvalue weighted by Gasteiger charge is 2.45. The van der Waals surface area contributed by atoms with E-state index in [1.54, 1.807) is 11.3 Å². The fourth-order valence-electron chi connectivity index (χ4n) is 4.05. The predicted molar refractivity (Wildman–Crippen MR) is 91.4 cm³/mol. The van der Waals surface area contributed by atoms with E-state index in [2.05, 4.69) is 27.0 Å². The lowest BCUT2D eigenvalue weighted by molar-refractivity contribution is -0.127. The first-order chi connectivity index (χ1) is 11.3. The minimum Gasteiger partial charge on any atom is -0.379 e. The lowest BCUT2D eigenvalue weighted by Crippen LogP contribution is -2.57. The Morgan fingerprint density at radius 3 is 2.87 bits per heavy atom. The van der Waals surface area contributed by atoms with Gasteiger partial charge in [0.2, 0.25) is 5.91 Å². The standard InChI is InChI=1S/C18H26N2O2S/c21-17(15-1-2-15)19-16-12-22-9-6-18(16)4-7-20(8-5-18)11-14-3-10-23-13-14/h3,10,13,15-16H,1-2,4-9,11-12H2,(H,19,21)/t16-/m0/s1. The van der Waals surface area contributed by atoms with Gasteiger partial charge >= 0.3 is 0 Å². The van der Waals surface area contributed by atoms with Gasteiger partial charge in [-0.3, -0.25) is 9.69 Å². The maximum atomic E-state index is 12.2. The molecular weight excluding hydrogens is 308 g/mol. The van der Waals surface area contributed by atoms with Gasteiger partial charge < -0.3 is 10.1 Å². The van der Waals surface area contributed by atoms with Crippen LogP contribution in [0.4, 0.5) is 0 Å². The summed E-state index contributed by atoms with van der Waals surface area (Å²) in [5.41, 5.74) is 1.69. The van der Waals surface area contributed by atoms with Crippen molar-refractivity contribution >= 4 is 17.2 Å². The lowest BCUT2D eigenvalue weighted by atomic mass is 9.69. The van der Waals surface area contributed by atoms with Gasteiger partial charge in [-0.25, -0.2) is 0 Å². The fourth-order valence-corrected chi connectivity index (χ4v) is 4.71. The van der Waals surface area contributed by atoms with Crippen LogP contribution < -0.4 is 5.32 Å². The zero-order valence-corrected chi connectivity index (χ0v) is 14.4. The lowest BCUT2D eigenvalue weighted by Gasteiger charge is -2.49. The maximum absolute atomic E-state index is 12.2. The van der Waals surface area contributed by atoms with Crippen LogP contribution in [0.3, 0.4) is 0 Å². The van der Waals surface area contributed by atoms with Crippen LogP contribution in [0, 0.1) is 11.3 Å². The molecule has 1 aromatic rings. The van der Waals surface area contributed by atoms with Crippen molar-refractivity contribution in [3.8, 4) is 0 Å². The second-order valence-corrected chi connectivity index (χ2v) is 8.21. The molecule has 126 valence electrons. The molecule has 3 heterocycles. The van der Waals surface area contributed by atoms with Crippen molar-refractivity contribution in [2.24, 2.45) is 11.3 Å². The number of amides is 1. The predicted octanol–water partition coefficient (Wildman–Crippen LogP) is 2.65. The zero-order chi connectivity index (χ0) is 15.7. The third-order valence-corrected chi connectivity index (χ3v) is 6.60. The number of nitrogens with one attached hydrogen (secondary N) is 1. The molecule has 0 radical (unpaired) electrons. The molecule has 5 heteroatoms. The van der Waals surface area contributed by atoms with Crippen LogP contribution in [0.2, 0.25) is 0 Å². The van der Waals surface area contributed by atoms with E-state index in [1.165, 1.54) is 18.4 Å².